The number of amides is 1. The second-order valence-corrected chi connectivity index (χ2v) is 8.62. The summed E-state index contributed by atoms with van der Waals surface area (Å²) in [5.74, 6) is -0.0812. The number of pyridine rings is 1. The van der Waals surface area contributed by atoms with E-state index in [0.29, 0.717) is 18.5 Å². The number of rotatable bonds is 7. The van der Waals surface area contributed by atoms with Crippen molar-refractivity contribution in [1.29, 1.82) is 0 Å². The van der Waals surface area contributed by atoms with Crippen molar-refractivity contribution in [1.82, 2.24) is 15.2 Å². The van der Waals surface area contributed by atoms with E-state index >= 15 is 0 Å². The number of hydrogen-bond acceptors (Lipinski definition) is 3. The third-order valence-electron chi connectivity index (χ3n) is 6.47. The van der Waals surface area contributed by atoms with Crippen LogP contribution in [0.4, 0.5) is 4.39 Å². The quantitative estimate of drug-likeness (QED) is 0.582. The SMILES string of the molecule is CCNC(=O)C1(Cc2ccc(-c3ccccc3F)cc2)CCN(Cc2ccncc2)CC1. The average Bonchev–Trinajstić information content (AvgIpc) is 2.82. The number of halogens is 1. The van der Waals surface area contributed by atoms with Crippen LogP contribution in [-0.2, 0) is 17.8 Å². The molecule has 4 rings (SSSR count). The molecule has 4 nitrogen and oxygen atoms in total. The van der Waals surface area contributed by atoms with Crippen LogP contribution in [0.15, 0.2) is 73.1 Å². The van der Waals surface area contributed by atoms with Gasteiger partial charge >= 0.3 is 0 Å². The highest BCUT2D eigenvalue weighted by Gasteiger charge is 2.41. The largest absolute Gasteiger partial charge is 0.356 e. The highest BCUT2D eigenvalue weighted by molar-refractivity contribution is 5.83. The molecule has 3 aromatic rings. The third kappa shape index (κ3) is 5.05. The molecule has 5 heteroatoms. The summed E-state index contributed by atoms with van der Waals surface area (Å²) in [7, 11) is 0. The van der Waals surface area contributed by atoms with E-state index in [4.69, 9.17) is 0 Å². The summed E-state index contributed by atoms with van der Waals surface area (Å²) in [4.78, 5) is 19.6. The van der Waals surface area contributed by atoms with Gasteiger partial charge in [0.05, 0.1) is 5.41 Å². The Bertz CT molecular complexity index is 1030. The van der Waals surface area contributed by atoms with Crippen molar-refractivity contribution < 1.29 is 9.18 Å². The van der Waals surface area contributed by atoms with Crippen LogP contribution in [0.2, 0.25) is 0 Å². The third-order valence-corrected chi connectivity index (χ3v) is 6.47. The van der Waals surface area contributed by atoms with Crippen LogP contribution in [0, 0.1) is 11.2 Å². The van der Waals surface area contributed by atoms with E-state index in [-0.39, 0.29) is 11.7 Å². The first kappa shape index (κ1) is 22.2. The van der Waals surface area contributed by atoms with Crippen molar-refractivity contribution >= 4 is 5.91 Å². The minimum atomic E-state index is -0.412. The second kappa shape index (κ2) is 10.0. The molecule has 32 heavy (non-hydrogen) atoms. The molecule has 1 aliphatic rings. The lowest BCUT2D eigenvalue weighted by molar-refractivity contribution is -0.134. The zero-order valence-corrected chi connectivity index (χ0v) is 18.6. The standard InChI is InChI=1S/C27H30FN3O/c1-2-30-26(32)27(13-17-31(18-14-27)20-22-11-15-29-16-12-22)19-21-7-9-23(10-8-21)24-5-3-4-6-25(24)28/h3-12,15-16H,2,13-14,17-20H2,1H3,(H,30,32). The summed E-state index contributed by atoms with van der Waals surface area (Å²) in [6, 6.07) is 18.9. The lowest BCUT2D eigenvalue weighted by atomic mass is 9.72. The average molecular weight is 432 g/mol. The topological polar surface area (TPSA) is 45.2 Å². The molecule has 1 aliphatic heterocycles. The van der Waals surface area contributed by atoms with Crippen molar-refractivity contribution in [3.8, 4) is 11.1 Å². The Labute approximate surface area is 189 Å². The van der Waals surface area contributed by atoms with Crippen LogP contribution in [0.5, 0.6) is 0 Å². The predicted molar refractivity (Wildman–Crippen MR) is 125 cm³/mol. The molecule has 1 aromatic heterocycles. The first-order valence-corrected chi connectivity index (χ1v) is 11.3. The van der Waals surface area contributed by atoms with Crippen molar-refractivity contribution in [2.24, 2.45) is 5.41 Å². The van der Waals surface area contributed by atoms with Crippen molar-refractivity contribution in [3.63, 3.8) is 0 Å². The monoisotopic (exact) mass is 431 g/mol. The summed E-state index contributed by atoms with van der Waals surface area (Å²) in [6.07, 6.45) is 5.98. The van der Waals surface area contributed by atoms with Gasteiger partial charge in [0.25, 0.3) is 0 Å². The van der Waals surface area contributed by atoms with Crippen LogP contribution in [-0.4, -0.2) is 35.4 Å². The number of piperidine rings is 1. The fourth-order valence-electron chi connectivity index (χ4n) is 4.61. The van der Waals surface area contributed by atoms with Gasteiger partial charge in [-0.2, -0.15) is 0 Å². The maximum absolute atomic E-state index is 14.1. The number of nitrogens with zero attached hydrogens (tertiary/aromatic N) is 2. The Morgan fingerprint density at radius 2 is 1.69 bits per heavy atom. The zero-order chi connectivity index (χ0) is 22.4. The van der Waals surface area contributed by atoms with Gasteiger partial charge in [-0.1, -0.05) is 42.5 Å². The lowest BCUT2D eigenvalue weighted by Crippen LogP contribution is -2.49. The number of benzene rings is 2. The molecule has 0 aliphatic carbocycles. The highest BCUT2D eigenvalue weighted by Crippen LogP contribution is 2.36. The maximum atomic E-state index is 14.1. The number of hydrogen-bond donors (Lipinski definition) is 1. The number of carbonyl (C=O) groups is 1. The predicted octanol–water partition coefficient (Wildman–Crippen LogP) is 4.85. The molecule has 1 N–H and O–H groups in total. The molecule has 1 fully saturated rings. The molecule has 2 heterocycles. The van der Waals surface area contributed by atoms with Gasteiger partial charge in [0.15, 0.2) is 0 Å². The van der Waals surface area contributed by atoms with E-state index in [2.05, 4.69) is 15.2 Å². The zero-order valence-electron chi connectivity index (χ0n) is 18.6. The lowest BCUT2D eigenvalue weighted by Gasteiger charge is -2.41. The van der Waals surface area contributed by atoms with E-state index in [0.717, 1.165) is 43.6 Å². The first-order valence-electron chi connectivity index (χ1n) is 11.3. The van der Waals surface area contributed by atoms with Crippen LogP contribution in [0.25, 0.3) is 11.1 Å². The van der Waals surface area contributed by atoms with E-state index in [9.17, 15) is 9.18 Å². The van der Waals surface area contributed by atoms with E-state index in [1.54, 1.807) is 12.1 Å². The number of carbonyl (C=O) groups excluding carboxylic acids is 1. The summed E-state index contributed by atoms with van der Waals surface area (Å²) in [5.41, 5.74) is 3.39. The molecule has 0 spiro atoms. The van der Waals surface area contributed by atoms with Crippen molar-refractivity contribution in [2.45, 2.75) is 32.7 Å². The molecule has 166 valence electrons. The van der Waals surface area contributed by atoms with Gasteiger partial charge in [-0.05, 0) is 74.2 Å². The molecule has 0 atom stereocenters. The maximum Gasteiger partial charge on any atom is 0.226 e. The number of aromatic nitrogens is 1. The van der Waals surface area contributed by atoms with E-state index in [1.807, 2.05) is 61.8 Å². The van der Waals surface area contributed by atoms with Gasteiger partial charge in [0, 0.05) is 31.0 Å². The van der Waals surface area contributed by atoms with Gasteiger partial charge in [0.1, 0.15) is 5.82 Å². The molecule has 0 saturated carbocycles. The van der Waals surface area contributed by atoms with Gasteiger partial charge in [0.2, 0.25) is 5.91 Å². The molecule has 2 aromatic carbocycles. The highest BCUT2D eigenvalue weighted by atomic mass is 19.1. The van der Waals surface area contributed by atoms with E-state index in [1.165, 1.54) is 11.6 Å². The Morgan fingerprint density at radius 3 is 2.34 bits per heavy atom. The van der Waals surface area contributed by atoms with Gasteiger partial charge in [-0.15, -0.1) is 0 Å². The molecule has 1 saturated heterocycles. The van der Waals surface area contributed by atoms with Gasteiger partial charge in [-0.25, -0.2) is 4.39 Å². The normalized spacial score (nSPS) is 15.9. The van der Waals surface area contributed by atoms with Crippen LogP contribution in [0.3, 0.4) is 0 Å². The fourth-order valence-corrected chi connectivity index (χ4v) is 4.61. The minimum absolute atomic E-state index is 0.141. The molecule has 0 bridgehead atoms. The van der Waals surface area contributed by atoms with E-state index < -0.39 is 5.41 Å². The molecular weight excluding hydrogens is 401 g/mol. The summed E-state index contributed by atoms with van der Waals surface area (Å²) < 4.78 is 14.1. The molecular formula is C27H30FN3O. The Hall–Kier alpha value is -3.05. The second-order valence-electron chi connectivity index (χ2n) is 8.62. The van der Waals surface area contributed by atoms with Crippen LogP contribution in [0.1, 0.15) is 30.9 Å². The van der Waals surface area contributed by atoms with Gasteiger partial charge in [-0.3, -0.25) is 14.7 Å². The summed E-state index contributed by atoms with van der Waals surface area (Å²) >= 11 is 0. The Morgan fingerprint density at radius 1 is 1.00 bits per heavy atom. The van der Waals surface area contributed by atoms with Crippen LogP contribution >= 0.6 is 0 Å². The van der Waals surface area contributed by atoms with Crippen LogP contribution < -0.4 is 5.32 Å². The van der Waals surface area contributed by atoms with Crippen molar-refractivity contribution in [3.05, 3.63) is 90.0 Å². The summed E-state index contributed by atoms with van der Waals surface area (Å²) in [6.45, 7) is 5.24. The molecule has 0 radical (unpaired) electrons. The number of nitrogens with one attached hydrogen (secondary N) is 1. The first-order chi connectivity index (χ1) is 15.6. The van der Waals surface area contributed by atoms with Crippen molar-refractivity contribution in [2.75, 3.05) is 19.6 Å². The smallest absolute Gasteiger partial charge is 0.226 e. The molecule has 0 unspecified atom stereocenters. The minimum Gasteiger partial charge on any atom is -0.356 e. The Kier molecular flexibility index (Phi) is 6.96. The summed E-state index contributed by atoms with van der Waals surface area (Å²) in [5, 5.41) is 3.07. The molecule has 1 amide bonds. The fraction of sp³-hybridized carbons (Fsp3) is 0.333. The van der Waals surface area contributed by atoms with Gasteiger partial charge < -0.3 is 5.32 Å². The number of likely N-dealkylation sites (tertiary alicyclic amines) is 1. The Balaban J connectivity index is 1.48.